The summed E-state index contributed by atoms with van der Waals surface area (Å²) in [5, 5.41) is 10.0. The molecule has 0 unspecified atom stereocenters. The van der Waals surface area contributed by atoms with E-state index in [-0.39, 0.29) is 11.3 Å². The smallest absolute Gasteiger partial charge is 0.307 e. The van der Waals surface area contributed by atoms with E-state index in [2.05, 4.69) is 30.7 Å². The van der Waals surface area contributed by atoms with E-state index in [1.54, 1.807) is 12.4 Å². The van der Waals surface area contributed by atoms with Crippen LogP contribution in [0, 0.1) is 17.3 Å². The number of halogens is 1. The summed E-state index contributed by atoms with van der Waals surface area (Å²) in [6, 6.07) is 1.89. The fourth-order valence-electron chi connectivity index (χ4n) is 2.93. The number of carboxylic acids is 1. The minimum absolute atomic E-state index is 0.110. The average molecular weight is 311 g/mol. The molecule has 5 heteroatoms. The van der Waals surface area contributed by atoms with Crippen molar-refractivity contribution < 1.29 is 9.90 Å². The van der Waals surface area contributed by atoms with Gasteiger partial charge in [0.2, 0.25) is 0 Å². The Morgan fingerprint density at radius 1 is 1.43 bits per heavy atom. The van der Waals surface area contributed by atoms with Crippen molar-refractivity contribution in [3.63, 3.8) is 0 Å². The van der Waals surface area contributed by atoms with Gasteiger partial charge in [-0.25, -0.2) is 0 Å². The van der Waals surface area contributed by atoms with Crippen molar-refractivity contribution in [3.8, 4) is 0 Å². The van der Waals surface area contributed by atoms with E-state index in [9.17, 15) is 9.90 Å². The minimum Gasteiger partial charge on any atom is -0.481 e. The second kappa shape index (κ2) is 6.32. The van der Waals surface area contributed by atoms with Crippen molar-refractivity contribution in [1.29, 1.82) is 0 Å². The van der Waals surface area contributed by atoms with Crippen LogP contribution in [-0.2, 0) is 11.3 Å². The molecule has 1 saturated heterocycles. The molecular formula is C16H23ClN2O2. The number of carboxylic acid groups (broad SMARTS) is 1. The monoisotopic (exact) mass is 310 g/mol. The first-order valence-electron chi connectivity index (χ1n) is 7.30. The summed E-state index contributed by atoms with van der Waals surface area (Å²) >= 11 is 5.97. The SMILES string of the molecule is CC(C)(C)[C@@H]1C[C@H](C(=O)O)CN(Cc2cncc(Cl)c2)C1. The van der Waals surface area contributed by atoms with Crippen molar-refractivity contribution in [3.05, 3.63) is 29.0 Å². The lowest BCUT2D eigenvalue weighted by Crippen LogP contribution is -2.46. The van der Waals surface area contributed by atoms with Gasteiger partial charge in [0.1, 0.15) is 0 Å². The van der Waals surface area contributed by atoms with Gasteiger partial charge in [-0.3, -0.25) is 14.7 Å². The first kappa shape index (κ1) is 16.2. The van der Waals surface area contributed by atoms with Gasteiger partial charge in [-0.15, -0.1) is 0 Å². The van der Waals surface area contributed by atoms with Crippen LogP contribution in [0.1, 0.15) is 32.8 Å². The first-order valence-corrected chi connectivity index (χ1v) is 7.68. The molecular weight excluding hydrogens is 288 g/mol. The Bertz CT molecular complexity index is 513. The summed E-state index contributed by atoms with van der Waals surface area (Å²) in [5.41, 5.74) is 1.14. The third-order valence-corrected chi connectivity index (χ3v) is 4.47. The summed E-state index contributed by atoms with van der Waals surface area (Å²) in [6.07, 6.45) is 4.16. The van der Waals surface area contributed by atoms with Gasteiger partial charge in [0.25, 0.3) is 0 Å². The molecule has 2 heterocycles. The molecule has 1 aliphatic heterocycles. The molecule has 1 N–H and O–H groups in total. The van der Waals surface area contributed by atoms with Crippen molar-refractivity contribution in [2.24, 2.45) is 17.3 Å². The summed E-state index contributed by atoms with van der Waals surface area (Å²) in [7, 11) is 0. The normalized spacial score (nSPS) is 24.0. The highest BCUT2D eigenvalue weighted by molar-refractivity contribution is 6.30. The molecule has 116 valence electrons. The zero-order valence-electron chi connectivity index (χ0n) is 12.8. The van der Waals surface area contributed by atoms with Crippen LogP contribution in [-0.4, -0.2) is 34.0 Å². The van der Waals surface area contributed by atoms with E-state index >= 15 is 0 Å². The van der Waals surface area contributed by atoms with Crippen LogP contribution in [0.3, 0.4) is 0 Å². The van der Waals surface area contributed by atoms with E-state index in [0.29, 0.717) is 24.0 Å². The van der Waals surface area contributed by atoms with Crippen LogP contribution in [0.5, 0.6) is 0 Å². The summed E-state index contributed by atoms with van der Waals surface area (Å²) in [5.74, 6) is -0.618. The summed E-state index contributed by atoms with van der Waals surface area (Å²) in [4.78, 5) is 17.7. The van der Waals surface area contributed by atoms with Crippen LogP contribution >= 0.6 is 11.6 Å². The third kappa shape index (κ3) is 4.42. The van der Waals surface area contributed by atoms with Crippen molar-refractivity contribution in [1.82, 2.24) is 9.88 Å². The molecule has 0 saturated carbocycles. The molecule has 0 spiro atoms. The Morgan fingerprint density at radius 3 is 2.71 bits per heavy atom. The van der Waals surface area contributed by atoms with Gasteiger partial charge in [0, 0.05) is 32.0 Å². The zero-order chi connectivity index (χ0) is 15.6. The number of hydrogen-bond acceptors (Lipinski definition) is 3. The largest absolute Gasteiger partial charge is 0.481 e. The number of carbonyl (C=O) groups is 1. The van der Waals surface area contributed by atoms with Crippen LogP contribution in [0.25, 0.3) is 0 Å². The standard InChI is InChI=1S/C16H23ClN2O2/c1-16(2,3)13-5-12(15(20)21)9-19(10-13)8-11-4-14(17)7-18-6-11/h4,6-7,12-13H,5,8-10H2,1-3H3,(H,20,21)/t12-,13+/m0/s1. The molecule has 4 nitrogen and oxygen atoms in total. The fourth-order valence-corrected chi connectivity index (χ4v) is 3.12. The minimum atomic E-state index is -0.696. The number of aliphatic carboxylic acids is 1. The van der Waals surface area contributed by atoms with E-state index in [1.165, 1.54) is 0 Å². The second-order valence-corrected chi connectivity index (χ2v) is 7.48. The second-order valence-electron chi connectivity index (χ2n) is 7.04. The molecule has 1 aromatic heterocycles. The predicted molar refractivity (Wildman–Crippen MR) is 83.2 cm³/mol. The molecule has 0 radical (unpaired) electrons. The number of nitrogens with zero attached hydrogens (tertiary/aromatic N) is 2. The first-order chi connectivity index (χ1) is 9.75. The number of piperidine rings is 1. The molecule has 2 rings (SSSR count). The van der Waals surface area contributed by atoms with Crippen LogP contribution in [0.15, 0.2) is 18.5 Å². The maximum absolute atomic E-state index is 11.4. The van der Waals surface area contributed by atoms with E-state index in [0.717, 1.165) is 18.5 Å². The van der Waals surface area contributed by atoms with Gasteiger partial charge in [-0.1, -0.05) is 32.4 Å². The molecule has 0 aromatic carbocycles. The van der Waals surface area contributed by atoms with Crippen molar-refractivity contribution in [2.75, 3.05) is 13.1 Å². The molecule has 1 aliphatic rings. The summed E-state index contributed by atoms with van der Waals surface area (Å²) in [6.45, 7) is 8.75. The van der Waals surface area contributed by atoms with Crippen molar-refractivity contribution in [2.45, 2.75) is 33.7 Å². The van der Waals surface area contributed by atoms with Gasteiger partial charge < -0.3 is 5.11 Å². The number of pyridine rings is 1. The fraction of sp³-hybridized carbons (Fsp3) is 0.625. The van der Waals surface area contributed by atoms with Crippen LogP contribution < -0.4 is 0 Å². The molecule has 0 bridgehead atoms. The average Bonchev–Trinajstić information content (AvgIpc) is 2.37. The Balaban J connectivity index is 2.12. The molecule has 1 fully saturated rings. The van der Waals surface area contributed by atoms with Gasteiger partial charge >= 0.3 is 5.97 Å². The topological polar surface area (TPSA) is 53.4 Å². The highest BCUT2D eigenvalue weighted by Crippen LogP contribution is 2.36. The van der Waals surface area contributed by atoms with Gasteiger partial charge in [-0.05, 0) is 29.4 Å². The lowest BCUT2D eigenvalue weighted by atomic mass is 9.73. The highest BCUT2D eigenvalue weighted by atomic mass is 35.5. The third-order valence-electron chi connectivity index (χ3n) is 4.27. The van der Waals surface area contributed by atoms with Gasteiger partial charge in [0.05, 0.1) is 10.9 Å². The Labute approximate surface area is 131 Å². The van der Waals surface area contributed by atoms with Crippen molar-refractivity contribution >= 4 is 17.6 Å². The number of likely N-dealkylation sites (tertiary alicyclic amines) is 1. The van der Waals surface area contributed by atoms with Crippen LogP contribution in [0.4, 0.5) is 0 Å². The Kier molecular flexibility index (Phi) is 4.89. The van der Waals surface area contributed by atoms with E-state index in [1.807, 2.05) is 6.07 Å². The molecule has 0 amide bonds. The van der Waals surface area contributed by atoms with Crippen LogP contribution in [0.2, 0.25) is 5.02 Å². The van der Waals surface area contributed by atoms with Gasteiger partial charge in [0.15, 0.2) is 0 Å². The highest BCUT2D eigenvalue weighted by Gasteiger charge is 2.36. The lowest BCUT2D eigenvalue weighted by Gasteiger charge is -2.42. The zero-order valence-corrected chi connectivity index (χ0v) is 13.6. The Hall–Kier alpha value is -1.13. The molecule has 2 atom stereocenters. The number of aromatic nitrogens is 1. The molecule has 0 aliphatic carbocycles. The predicted octanol–water partition coefficient (Wildman–Crippen LogP) is 3.30. The number of rotatable bonds is 3. The van der Waals surface area contributed by atoms with E-state index < -0.39 is 5.97 Å². The van der Waals surface area contributed by atoms with E-state index in [4.69, 9.17) is 11.6 Å². The lowest BCUT2D eigenvalue weighted by molar-refractivity contribution is -0.145. The maximum atomic E-state index is 11.4. The molecule has 1 aromatic rings. The summed E-state index contributed by atoms with van der Waals surface area (Å²) < 4.78 is 0. The quantitative estimate of drug-likeness (QED) is 0.930. The Morgan fingerprint density at radius 2 is 2.14 bits per heavy atom. The maximum Gasteiger partial charge on any atom is 0.307 e. The van der Waals surface area contributed by atoms with Gasteiger partial charge in [-0.2, -0.15) is 0 Å². The molecule has 21 heavy (non-hydrogen) atoms. The number of hydrogen-bond donors (Lipinski definition) is 1.